The van der Waals surface area contributed by atoms with Gasteiger partial charge in [0.15, 0.2) is 11.5 Å². The lowest BCUT2D eigenvalue weighted by Gasteiger charge is -2.36. The number of aliphatic carboxylic acids is 1. The quantitative estimate of drug-likeness (QED) is 0.322. The van der Waals surface area contributed by atoms with Crippen molar-refractivity contribution in [3.63, 3.8) is 0 Å². The number of carbonyl (C=O) groups excluding carboxylic acids is 1. The van der Waals surface area contributed by atoms with E-state index >= 15 is 0 Å². The van der Waals surface area contributed by atoms with Crippen molar-refractivity contribution in [2.45, 2.75) is 19.9 Å². The summed E-state index contributed by atoms with van der Waals surface area (Å²) in [4.78, 5) is 48.8. The van der Waals surface area contributed by atoms with Gasteiger partial charge in [0, 0.05) is 45.5 Å². The molecule has 0 saturated carbocycles. The lowest BCUT2D eigenvalue weighted by atomic mass is 10.1. The van der Waals surface area contributed by atoms with E-state index in [1.807, 2.05) is 37.3 Å². The van der Waals surface area contributed by atoms with Gasteiger partial charge in [-0.3, -0.25) is 28.6 Å². The number of ether oxygens (including phenoxy) is 2. The number of fused-ring (bicyclic) bond motifs is 2. The highest BCUT2D eigenvalue weighted by molar-refractivity contribution is 8.26. The van der Waals surface area contributed by atoms with E-state index in [9.17, 15) is 14.4 Å². The number of carbonyl (C=O) groups is 2. The summed E-state index contributed by atoms with van der Waals surface area (Å²) >= 11 is 6.41. The standard InChI is InChI=1S/C28H27N5O6S2/c1-17-2-5-23-29-25(31-10-8-30(9-11-31)15-18-3-4-20-21(12-18)39-16-38-20)19(26(36)33(23)14-17)13-22-27(37)32(28(40)41-22)7-6-24(34)35/h2-5,12-14H,6-11,15-16H2,1H3,(H,34,35). The molecule has 2 fully saturated rings. The molecule has 2 aromatic heterocycles. The molecule has 3 aromatic rings. The van der Waals surface area contributed by atoms with Gasteiger partial charge in [-0.25, -0.2) is 4.98 Å². The fourth-order valence-electron chi connectivity index (χ4n) is 5.06. The van der Waals surface area contributed by atoms with E-state index < -0.39 is 11.9 Å². The number of thiocarbonyl (C=S) groups is 1. The van der Waals surface area contributed by atoms with Gasteiger partial charge in [0.05, 0.1) is 16.9 Å². The predicted octanol–water partition coefficient (Wildman–Crippen LogP) is 2.73. The molecule has 11 nitrogen and oxygen atoms in total. The first-order valence-corrected chi connectivity index (χ1v) is 14.4. The normalized spacial score (nSPS) is 18.2. The molecule has 0 aliphatic carbocycles. The van der Waals surface area contributed by atoms with Crippen molar-refractivity contribution in [3.8, 4) is 11.5 Å². The smallest absolute Gasteiger partial charge is 0.305 e. The second kappa shape index (κ2) is 11.1. The Labute approximate surface area is 245 Å². The molecule has 2 saturated heterocycles. The molecule has 5 heterocycles. The number of benzene rings is 1. The molecule has 0 unspecified atom stereocenters. The van der Waals surface area contributed by atoms with Gasteiger partial charge in [0.2, 0.25) is 6.79 Å². The van der Waals surface area contributed by atoms with Gasteiger partial charge >= 0.3 is 5.97 Å². The van der Waals surface area contributed by atoms with Crippen LogP contribution in [0, 0.1) is 6.92 Å². The Morgan fingerprint density at radius 1 is 1.12 bits per heavy atom. The third-order valence-corrected chi connectivity index (χ3v) is 8.58. The first-order chi connectivity index (χ1) is 19.8. The van der Waals surface area contributed by atoms with E-state index in [0.717, 1.165) is 54.0 Å². The average molecular weight is 594 g/mol. The molecule has 13 heteroatoms. The Morgan fingerprint density at radius 2 is 1.90 bits per heavy atom. The van der Waals surface area contributed by atoms with Crippen LogP contribution in [0.15, 0.2) is 46.2 Å². The molecular formula is C28H27N5O6S2. The van der Waals surface area contributed by atoms with Gasteiger partial charge in [-0.05, 0) is 42.3 Å². The highest BCUT2D eigenvalue weighted by Crippen LogP contribution is 2.35. The molecule has 0 spiro atoms. The van der Waals surface area contributed by atoms with Gasteiger partial charge in [-0.2, -0.15) is 0 Å². The van der Waals surface area contributed by atoms with Crippen LogP contribution in [0.3, 0.4) is 0 Å². The second-order valence-corrected chi connectivity index (χ2v) is 11.7. The molecule has 0 radical (unpaired) electrons. The molecule has 212 valence electrons. The van der Waals surface area contributed by atoms with E-state index in [2.05, 4.69) is 9.80 Å². The fourth-order valence-corrected chi connectivity index (χ4v) is 6.35. The average Bonchev–Trinajstić information content (AvgIpc) is 3.52. The third kappa shape index (κ3) is 5.52. The maximum Gasteiger partial charge on any atom is 0.305 e. The number of piperazine rings is 1. The van der Waals surface area contributed by atoms with E-state index in [1.54, 1.807) is 12.3 Å². The van der Waals surface area contributed by atoms with Gasteiger partial charge in [0.25, 0.3) is 11.5 Å². The summed E-state index contributed by atoms with van der Waals surface area (Å²) in [7, 11) is 0. The third-order valence-electron chi connectivity index (χ3n) is 7.20. The number of anilines is 1. The minimum Gasteiger partial charge on any atom is -0.481 e. The SMILES string of the molecule is Cc1ccc2nc(N3CCN(Cc4ccc5c(c4)OCO5)CC3)c(C=C3SC(=S)N(CCC(=O)O)C3=O)c(=O)n2c1. The fraction of sp³-hybridized carbons (Fsp3) is 0.321. The number of hydrogen-bond acceptors (Lipinski definition) is 10. The van der Waals surface area contributed by atoms with Crippen LogP contribution >= 0.6 is 24.0 Å². The van der Waals surface area contributed by atoms with Crippen molar-refractivity contribution < 1.29 is 24.2 Å². The molecule has 3 aliphatic heterocycles. The second-order valence-electron chi connectivity index (χ2n) is 10.0. The number of carboxylic acids is 1. The van der Waals surface area contributed by atoms with Crippen LogP contribution in [0.5, 0.6) is 11.5 Å². The molecule has 1 N–H and O–H groups in total. The number of aromatic nitrogens is 2. The number of pyridine rings is 1. The zero-order valence-electron chi connectivity index (χ0n) is 22.2. The molecule has 1 aromatic carbocycles. The number of hydrogen-bond donors (Lipinski definition) is 1. The van der Waals surface area contributed by atoms with Gasteiger partial charge < -0.3 is 19.5 Å². The van der Waals surface area contributed by atoms with Crippen molar-refractivity contribution in [1.29, 1.82) is 0 Å². The molecule has 3 aliphatic rings. The van der Waals surface area contributed by atoms with E-state index in [0.29, 0.717) is 30.1 Å². The first kappa shape index (κ1) is 27.2. The summed E-state index contributed by atoms with van der Waals surface area (Å²) in [6.07, 6.45) is 3.06. The molecular weight excluding hydrogens is 566 g/mol. The van der Waals surface area contributed by atoms with Crippen LogP contribution in [-0.4, -0.2) is 80.0 Å². The maximum atomic E-state index is 13.8. The monoisotopic (exact) mass is 593 g/mol. The Kier molecular flexibility index (Phi) is 7.41. The van der Waals surface area contributed by atoms with Crippen molar-refractivity contribution in [3.05, 3.63) is 68.5 Å². The highest BCUT2D eigenvalue weighted by Gasteiger charge is 2.33. The van der Waals surface area contributed by atoms with Crippen LogP contribution in [0.2, 0.25) is 0 Å². The summed E-state index contributed by atoms with van der Waals surface area (Å²) in [6, 6.07) is 9.69. The lowest BCUT2D eigenvalue weighted by Crippen LogP contribution is -2.47. The summed E-state index contributed by atoms with van der Waals surface area (Å²) in [6.45, 7) is 5.64. The first-order valence-electron chi connectivity index (χ1n) is 13.1. The van der Waals surface area contributed by atoms with Crippen LogP contribution in [0.4, 0.5) is 5.82 Å². The molecule has 6 rings (SSSR count). The number of rotatable bonds is 7. The number of thioether (sulfide) groups is 1. The minimum atomic E-state index is -1.02. The molecule has 0 atom stereocenters. The van der Waals surface area contributed by atoms with Crippen molar-refractivity contribution in [1.82, 2.24) is 19.2 Å². The minimum absolute atomic E-state index is 0.0241. The van der Waals surface area contributed by atoms with Gasteiger partial charge in [0.1, 0.15) is 15.8 Å². The Morgan fingerprint density at radius 3 is 2.68 bits per heavy atom. The summed E-state index contributed by atoms with van der Waals surface area (Å²) < 4.78 is 12.7. The topological polar surface area (TPSA) is 117 Å². The number of aryl methyl sites for hydroxylation is 1. The van der Waals surface area contributed by atoms with Crippen LogP contribution in [0.25, 0.3) is 11.7 Å². The zero-order valence-corrected chi connectivity index (χ0v) is 23.9. The molecule has 41 heavy (non-hydrogen) atoms. The van der Waals surface area contributed by atoms with Gasteiger partial charge in [-0.15, -0.1) is 0 Å². The van der Waals surface area contributed by atoms with Crippen LogP contribution in [-0.2, 0) is 16.1 Å². The molecule has 0 bridgehead atoms. The maximum absolute atomic E-state index is 13.8. The van der Waals surface area contributed by atoms with Crippen LogP contribution < -0.4 is 19.9 Å². The number of amides is 1. The largest absolute Gasteiger partial charge is 0.481 e. The number of nitrogens with zero attached hydrogens (tertiary/aromatic N) is 5. The Balaban J connectivity index is 1.28. The highest BCUT2D eigenvalue weighted by atomic mass is 32.2. The van der Waals surface area contributed by atoms with Gasteiger partial charge in [-0.1, -0.05) is 36.1 Å². The van der Waals surface area contributed by atoms with E-state index in [4.69, 9.17) is 31.8 Å². The predicted molar refractivity (Wildman–Crippen MR) is 158 cm³/mol. The lowest BCUT2D eigenvalue weighted by molar-refractivity contribution is -0.137. The summed E-state index contributed by atoms with van der Waals surface area (Å²) in [5, 5.41) is 9.05. The van der Waals surface area contributed by atoms with Crippen molar-refractivity contribution >= 4 is 57.7 Å². The van der Waals surface area contributed by atoms with Crippen molar-refractivity contribution in [2.24, 2.45) is 0 Å². The Bertz CT molecular complexity index is 1660. The molecule has 1 amide bonds. The van der Waals surface area contributed by atoms with E-state index in [1.165, 1.54) is 9.30 Å². The zero-order chi connectivity index (χ0) is 28.7. The number of carboxylic acid groups (broad SMARTS) is 1. The Hall–Kier alpha value is -3.94. The summed E-state index contributed by atoms with van der Waals surface area (Å²) in [5.41, 5.74) is 2.57. The summed E-state index contributed by atoms with van der Waals surface area (Å²) in [5.74, 6) is 0.603. The van der Waals surface area contributed by atoms with Crippen LogP contribution in [0.1, 0.15) is 23.1 Å². The van der Waals surface area contributed by atoms with Crippen molar-refractivity contribution in [2.75, 3.05) is 44.4 Å². The van der Waals surface area contributed by atoms with E-state index in [-0.39, 0.29) is 34.5 Å².